The average Bonchev–Trinajstić information content (AvgIpc) is 3.15. The van der Waals surface area contributed by atoms with Crippen molar-refractivity contribution in [3.05, 3.63) is 88.7 Å². The summed E-state index contributed by atoms with van der Waals surface area (Å²) in [5.74, 6) is -6.25. The number of halogens is 3. The molecule has 0 radical (unpaired) electrons. The van der Waals surface area contributed by atoms with E-state index in [0.29, 0.717) is 19.4 Å². The van der Waals surface area contributed by atoms with Crippen LogP contribution in [0.5, 0.6) is 17.2 Å². The molecule has 3 rings (SSSR count). The number of carbonyl (C=O) groups excluding carboxylic acids is 3. The van der Waals surface area contributed by atoms with Gasteiger partial charge in [0.2, 0.25) is 0 Å². The van der Waals surface area contributed by atoms with E-state index in [4.69, 9.17) is 18.9 Å². The molecule has 0 fully saturated rings. The fourth-order valence-electron chi connectivity index (χ4n) is 5.99. The van der Waals surface area contributed by atoms with Crippen LogP contribution >= 0.6 is 0 Å². The van der Waals surface area contributed by atoms with E-state index in [9.17, 15) is 27.6 Å². The zero-order chi connectivity index (χ0) is 39.1. The maximum atomic E-state index is 14.9. The number of unbranched alkanes of at least 4 members (excludes halogenated alkanes) is 14. The number of esters is 3. The molecule has 1 unspecified atom stereocenters. The molecule has 1 atom stereocenters. The van der Waals surface area contributed by atoms with Crippen molar-refractivity contribution < 1.29 is 46.5 Å². The minimum Gasteiger partial charge on any atom is -0.491 e. The highest BCUT2D eigenvalue weighted by molar-refractivity contribution is 5.93. The van der Waals surface area contributed by atoms with E-state index in [2.05, 4.69) is 13.8 Å². The Morgan fingerprint density at radius 3 is 1.59 bits per heavy atom. The van der Waals surface area contributed by atoms with Crippen LogP contribution in [0.15, 0.2) is 54.6 Å². The zero-order valence-electron chi connectivity index (χ0n) is 32.2. The topological polar surface area (TPSA) is 88.1 Å². The highest BCUT2D eigenvalue weighted by Gasteiger charge is 2.21. The van der Waals surface area contributed by atoms with Crippen molar-refractivity contribution >= 4 is 17.9 Å². The van der Waals surface area contributed by atoms with Crippen LogP contribution in [0.4, 0.5) is 13.2 Å². The van der Waals surface area contributed by atoms with Gasteiger partial charge in [0.1, 0.15) is 17.7 Å². The second-order valence-electron chi connectivity index (χ2n) is 13.7. The summed E-state index contributed by atoms with van der Waals surface area (Å²) in [4.78, 5) is 38.0. The van der Waals surface area contributed by atoms with Crippen molar-refractivity contribution in [1.29, 1.82) is 0 Å². The van der Waals surface area contributed by atoms with Gasteiger partial charge in [-0.3, -0.25) is 0 Å². The third kappa shape index (κ3) is 15.6. The molecule has 54 heavy (non-hydrogen) atoms. The van der Waals surface area contributed by atoms with Gasteiger partial charge in [-0.05, 0) is 74.2 Å². The first-order chi connectivity index (χ1) is 26.2. The number of ether oxygens (including phenoxy) is 4. The minimum absolute atomic E-state index is 0.0106. The fourth-order valence-corrected chi connectivity index (χ4v) is 5.99. The van der Waals surface area contributed by atoms with Gasteiger partial charge in [0.15, 0.2) is 23.1 Å². The predicted molar refractivity (Wildman–Crippen MR) is 204 cm³/mol. The molecule has 10 heteroatoms. The Bertz CT molecular complexity index is 1610. The number of carbonyl (C=O) groups is 3. The molecule has 0 saturated heterocycles. The van der Waals surface area contributed by atoms with Crippen LogP contribution < -0.4 is 14.2 Å². The Labute approximate surface area is 318 Å². The summed E-state index contributed by atoms with van der Waals surface area (Å²) < 4.78 is 65.8. The summed E-state index contributed by atoms with van der Waals surface area (Å²) >= 11 is 0. The van der Waals surface area contributed by atoms with Crippen LogP contribution in [0.2, 0.25) is 0 Å². The Balaban J connectivity index is 1.43. The minimum atomic E-state index is -1.05. The van der Waals surface area contributed by atoms with Gasteiger partial charge in [0, 0.05) is 6.07 Å². The number of hydrogen-bond acceptors (Lipinski definition) is 7. The van der Waals surface area contributed by atoms with Crippen LogP contribution in [0, 0.1) is 17.5 Å². The van der Waals surface area contributed by atoms with Crippen LogP contribution in [-0.4, -0.2) is 30.6 Å². The summed E-state index contributed by atoms with van der Waals surface area (Å²) in [6.07, 6.45) is 19.6. The lowest BCUT2D eigenvalue weighted by atomic mass is 10.1. The SMILES string of the molecule is CCCCCCCCCCCCCCOc1ccc(C(=O)Oc2ccc(C(=O)Oc3ccc(C(=O)OC(CC)CCCCCC)c(F)c3)cc2F)cc1F. The lowest BCUT2D eigenvalue weighted by molar-refractivity contribution is 0.0261. The summed E-state index contributed by atoms with van der Waals surface area (Å²) in [7, 11) is 0. The van der Waals surface area contributed by atoms with Gasteiger partial charge < -0.3 is 18.9 Å². The second-order valence-corrected chi connectivity index (χ2v) is 13.7. The summed E-state index contributed by atoms with van der Waals surface area (Å²) in [5.41, 5.74) is -0.693. The molecule has 0 spiro atoms. The predicted octanol–water partition coefficient (Wildman–Crippen LogP) is 12.5. The quantitative estimate of drug-likeness (QED) is 0.0458. The van der Waals surface area contributed by atoms with Gasteiger partial charge >= 0.3 is 17.9 Å². The largest absolute Gasteiger partial charge is 0.491 e. The van der Waals surface area contributed by atoms with Crippen LogP contribution in [-0.2, 0) is 4.74 Å². The molecular weight excluding hydrogens is 697 g/mol. The van der Waals surface area contributed by atoms with E-state index >= 15 is 0 Å². The third-order valence-electron chi connectivity index (χ3n) is 9.27. The molecule has 0 aromatic heterocycles. The highest BCUT2D eigenvalue weighted by Crippen LogP contribution is 2.25. The number of hydrogen-bond donors (Lipinski definition) is 0. The van der Waals surface area contributed by atoms with Crippen LogP contribution in [0.25, 0.3) is 0 Å². The molecule has 0 saturated carbocycles. The Kier molecular flexibility index (Phi) is 20.3. The van der Waals surface area contributed by atoms with E-state index in [-0.39, 0.29) is 34.3 Å². The molecule has 7 nitrogen and oxygen atoms in total. The van der Waals surface area contributed by atoms with Gasteiger partial charge in [0.25, 0.3) is 0 Å². The molecule has 3 aromatic rings. The van der Waals surface area contributed by atoms with Gasteiger partial charge in [0.05, 0.1) is 23.3 Å². The van der Waals surface area contributed by atoms with E-state index in [1.165, 1.54) is 76.0 Å². The van der Waals surface area contributed by atoms with Crippen molar-refractivity contribution in [3.8, 4) is 17.2 Å². The number of rotatable bonds is 26. The molecule has 3 aromatic carbocycles. The van der Waals surface area contributed by atoms with Crippen molar-refractivity contribution in [3.63, 3.8) is 0 Å². The van der Waals surface area contributed by atoms with Crippen molar-refractivity contribution in [1.82, 2.24) is 0 Å². The summed E-state index contributed by atoms with van der Waals surface area (Å²) in [6.45, 7) is 6.58. The highest BCUT2D eigenvalue weighted by atomic mass is 19.1. The second kappa shape index (κ2) is 24.9. The standard InChI is InChI=1S/C44H57F3O7/c1-4-7-9-11-12-13-14-15-16-17-18-20-28-51-40-26-22-33(29-38(40)46)43(49)54-41-27-23-32(30-39(41)47)42(48)53-35-24-25-36(37(45)31-35)44(50)52-34(6-3)21-19-10-8-5-2/h22-27,29-31,34H,4-21,28H2,1-3H3. The zero-order valence-corrected chi connectivity index (χ0v) is 32.2. The Morgan fingerprint density at radius 1 is 0.537 bits per heavy atom. The van der Waals surface area contributed by atoms with Crippen LogP contribution in [0.1, 0.15) is 167 Å². The lowest BCUT2D eigenvalue weighted by Gasteiger charge is -2.16. The Hall–Kier alpha value is -4.34. The molecule has 0 amide bonds. The first kappa shape index (κ1) is 44.1. The number of benzene rings is 3. The Morgan fingerprint density at radius 2 is 1.06 bits per heavy atom. The van der Waals surface area contributed by atoms with Crippen molar-refractivity contribution in [2.24, 2.45) is 0 Å². The molecule has 0 aliphatic carbocycles. The van der Waals surface area contributed by atoms with Crippen LogP contribution in [0.3, 0.4) is 0 Å². The maximum absolute atomic E-state index is 14.9. The van der Waals surface area contributed by atoms with E-state index in [1.54, 1.807) is 0 Å². The van der Waals surface area contributed by atoms with Gasteiger partial charge in [-0.1, -0.05) is 111 Å². The van der Waals surface area contributed by atoms with Gasteiger partial charge in [-0.25, -0.2) is 27.6 Å². The maximum Gasteiger partial charge on any atom is 0.343 e. The molecule has 296 valence electrons. The molecule has 0 bridgehead atoms. The van der Waals surface area contributed by atoms with Gasteiger partial charge in [-0.2, -0.15) is 0 Å². The van der Waals surface area contributed by atoms with E-state index in [1.807, 2.05) is 6.92 Å². The smallest absolute Gasteiger partial charge is 0.343 e. The van der Waals surface area contributed by atoms with Crippen molar-refractivity contribution in [2.75, 3.05) is 6.61 Å². The van der Waals surface area contributed by atoms with Crippen molar-refractivity contribution in [2.45, 2.75) is 142 Å². The first-order valence-electron chi connectivity index (χ1n) is 19.8. The third-order valence-corrected chi connectivity index (χ3v) is 9.27. The molecular formula is C44H57F3O7. The fraction of sp³-hybridized carbons (Fsp3) is 0.523. The van der Waals surface area contributed by atoms with E-state index < -0.39 is 41.1 Å². The average molecular weight is 755 g/mol. The molecule has 0 aliphatic rings. The first-order valence-corrected chi connectivity index (χ1v) is 19.8. The van der Waals surface area contributed by atoms with E-state index in [0.717, 1.165) is 81.3 Å². The molecule has 0 N–H and O–H groups in total. The monoisotopic (exact) mass is 754 g/mol. The lowest BCUT2D eigenvalue weighted by Crippen LogP contribution is -2.18. The molecule has 0 aliphatic heterocycles. The summed E-state index contributed by atoms with van der Waals surface area (Å²) in [6, 6.07) is 9.90. The normalized spacial score (nSPS) is 11.6. The molecule has 0 heterocycles. The summed E-state index contributed by atoms with van der Waals surface area (Å²) in [5, 5.41) is 0. The van der Waals surface area contributed by atoms with Gasteiger partial charge in [-0.15, -0.1) is 0 Å².